The van der Waals surface area contributed by atoms with Crippen molar-refractivity contribution in [2.24, 2.45) is 5.92 Å². The quantitative estimate of drug-likeness (QED) is 0.743. The molecule has 3 aromatic heterocycles. The molecule has 1 fully saturated rings. The molecule has 1 unspecified atom stereocenters. The molecule has 3 aromatic rings. The molecular formula is C17H19N5OS. The zero-order valence-electron chi connectivity index (χ0n) is 13.3. The normalized spacial score (nSPS) is 18.1. The van der Waals surface area contributed by atoms with Gasteiger partial charge < -0.3 is 9.84 Å². The van der Waals surface area contributed by atoms with E-state index in [2.05, 4.69) is 25.3 Å². The molecule has 1 saturated heterocycles. The van der Waals surface area contributed by atoms with Crippen molar-refractivity contribution in [2.75, 3.05) is 25.0 Å². The first-order valence-electron chi connectivity index (χ1n) is 8.10. The van der Waals surface area contributed by atoms with Gasteiger partial charge in [0.1, 0.15) is 5.82 Å². The van der Waals surface area contributed by atoms with Gasteiger partial charge in [-0.05, 0) is 42.5 Å². The van der Waals surface area contributed by atoms with Crippen LogP contribution in [0.5, 0.6) is 0 Å². The Kier molecular flexibility index (Phi) is 4.53. The van der Waals surface area contributed by atoms with Crippen LogP contribution < -0.4 is 5.32 Å². The Bertz CT molecular complexity index is 758. The van der Waals surface area contributed by atoms with Gasteiger partial charge in [-0.2, -0.15) is 4.98 Å². The summed E-state index contributed by atoms with van der Waals surface area (Å²) in [5.41, 5.74) is 0. The summed E-state index contributed by atoms with van der Waals surface area (Å²) < 4.78 is 5.39. The third-order valence-corrected chi connectivity index (χ3v) is 5.04. The maximum Gasteiger partial charge on any atom is 0.241 e. The van der Waals surface area contributed by atoms with Crippen LogP contribution in [0.3, 0.4) is 0 Å². The van der Waals surface area contributed by atoms with Crippen LogP contribution in [0, 0.1) is 5.92 Å². The minimum atomic E-state index is 0.617. The van der Waals surface area contributed by atoms with Crippen LogP contribution in [0.1, 0.15) is 12.3 Å². The highest BCUT2D eigenvalue weighted by atomic mass is 32.1. The van der Waals surface area contributed by atoms with Crippen LogP contribution in [0.15, 0.2) is 46.4 Å². The fourth-order valence-electron chi connectivity index (χ4n) is 2.96. The molecule has 4 rings (SSSR count). The molecule has 1 atom stereocenters. The molecule has 1 aliphatic heterocycles. The van der Waals surface area contributed by atoms with Crippen LogP contribution in [0.25, 0.3) is 10.7 Å². The lowest BCUT2D eigenvalue weighted by Gasteiger charge is -2.14. The Labute approximate surface area is 144 Å². The molecule has 0 aromatic carbocycles. The fourth-order valence-corrected chi connectivity index (χ4v) is 3.60. The molecule has 24 heavy (non-hydrogen) atoms. The van der Waals surface area contributed by atoms with E-state index in [4.69, 9.17) is 4.52 Å². The summed E-state index contributed by atoms with van der Waals surface area (Å²) in [5, 5.41) is 9.50. The van der Waals surface area contributed by atoms with E-state index in [1.165, 1.54) is 6.42 Å². The van der Waals surface area contributed by atoms with Crippen molar-refractivity contribution in [1.82, 2.24) is 20.0 Å². The van der Waals surface area contributed by atoms with Crippen molar-refractivity contribution in [3.8, 4) is 10.7 Å². The number of rotatable bonds is 6. The second-order valence-electron chi connectivity index (χ2n) is 5.97. The molecule has 7 heteroatoms. The molecule has 1 aliphatic rings. The Balaban J connectivity index is 1.28. The van der Waals surface area contributed by atoms with E-state index >= 15 is 0 Å². The van der Waals surface area contributed by atoms with Crippen LogP contribution in [-0.2, 0) is 6.54 Å². The van der Waals surface area contributed by atoms with Gasteiger partial charge in [-0.15, -0.1) is 11.3 Å². The zero-order chi connectivity index (χ0) is 16.2. The van der Waals surface area contributed by atoms with Crippen molar-refractivity contribution in [2.45, 2.75) is 13.0 Å². The number of thiophene rings is 1. The molecule has 0 amide bonds. The van der Waals surface area contributed by atoms with Gasteiger partial charge in [-0.1, -0.05) is 17.3 Å². The molecular weight excluding hydrogens is 322 g/mol. The molecule has 0 radical (unpaired) electrons. The first-order valence-corrected chi connectivity index (χ1v) is 8.98. The van der Waals surface area contributed by atoms with Gasteiger partial charge in [-0.3, -0.25) is 4.90 Å². The van der Waals surface area contributed by atoms with E-state index in [1.54, 1.807) is 11.3 Å². The molecule has 4 heterocycles. The SMILES string of the molecule is c1ccc(NCC2CCN(Cc3nc(-c4cccs4)no3)C2)nc1. The van der Waals surface area contributed by atoms with Crippen LogP contribution in [0.4, 0.5) is 5.82 Å². The van der Waals surface area contributed by atoms with Crippen molar-refractivity contribution in [1.29, 1.82) is 0 Å². The van der Waals surface area contributed by atoms with E-state index in [0.29, 0.717) is 17.6 Å². The van der Waals surface area contributed by atoms with Gasteiger partial charge in [0, 0.05) is 19.3 Å². The number of likely N-dealkylation sites (tertiary alicyclic amines) is 1. The molecule has 124 valence electrons. The van der Waals surface area contributed by atoms with Crippen molar-refractivity contribution >= 4 is 17.2 Å². The first-order chi connectivity index (χ1) is 11.9. The van der Waals surface area contributed by atoms with E-state index in [9.17, 15) is 0 Å². The van der Waals surface area contributed by atoms with Crippen LogP contribution >= 0.6 is 11.3 Å². The molecule has 0 bridgehead atoms. The highest BCUT2D eigenvalue weighted by Crippen LogP contribution is 2.23. The molecule has 0 saturated carbocycles. The fraction of sp³-hybridized carbons (Fsp3) is 0.353. The lowest BCUT2D eigenvalue weighted by Crippen LogP contribution is -2.23. The van der Waals surface area contributed by atoms with E-state index in [1.807, 2.05) is 41.9 Å². The summed E-state index contributed by atoms with van der Waals surface area (Å²) in [6, 6.07) is 9.93. The standard InChI is InChI=1S/C17H19N5OS/c1-2-7-18-15(5-1)19-10-13-6-8-22(11-13)12-16-20-17(21-23-16)14-4-3-9-24-14/h1-5,7,9,13H,6,8,10-12H2,(H,18,19). The average molecular weight is 341 g/mol. The number of nitrogens with zero attached hydrogens (tertiary/aromatic N) is 4. The highest BCUT2D eigenvalue weighted by molar-refractivity contribution is 7.13. The predicted octanol–water partition coefficient (Wildman–Crippen LogP) is 3.13. The maximum atomic E-state index is 5.39. The van der Waals surface area contributed by atoms with Gasteiger partial charge >= 0.3 is 0 Å². The lowest BCUT2D eigenvalue weighted by molar-refractivity contribution is 0.261. The van der Waals surface area contributed by atoms with Crippen molar-refractivity contribution < 1.29 is 4.52 Å². The Morgan fingerprint density at radius 2 is 2.29 bits per heavy atom. The van der Waals surface area contributed by atoms with Gasteiger partial charge in [0.15, 0.2) is 0 Å². The summed E-state index contributed by atoms with van der Waals surface area (Å²) in [6.45, 7) is 3.76. The van der Waals surface area contributed by atoms with Gasteiger partial charge in [0.2, 0.25) is 11.7 Å². The van der Waals surface area contributed by atoms with Gasteiger partial charge in [0.25, 0.3) is 0 Å². The second kappa shape index (κ2) is 7.11. The summed E-state index contributed by atoms with van der Waals surface area (Å²) >= 11 is 1.62. The Hall–Kier alpha value is -2.25. The first kappa shape index (κ1) is 15.3. The monoisotopic (exact) mass is 341 g/mol. The van der Waals surface area contributed by atoms with Gasteiger partial charge in [0.05, 0.1) is 11.4 Å². The smallest absolute Gasteiger partial charge is 0.241 e. The average Bonchev–Trinajstić information content (AvgIpc) is 3.36. The molecule has 0 aliphatic carbocycles. The highest BCUT2D eigenvalue weighted by Gasteiger charge is 2.24. The molecule has 1 N–H and O–H groups in total. The largest absolute Gasteiger partial charge is 0.370 e. The van der Waals surface area contributed by atoms with E-state index < -0.39 is 0 Å². The number of hydrogen-bond acceptors (Lipinski definition) is 7. The molecule has 6 nitrogen and oxygen atoms in total. The van der Waals surface area contributed by atoms with Crippen LogP contribution in [0.2, 0.25) is 0 Å². The number of aromatic nitrogens is 3. The predicted molar refractivity (Wildman–Crippen MR) is 93.7 cm³/mol. The van der Waals surface area contributed by atoms with E-state index in [0.717, 1.165) is 36.9 Å². The number of anilines is 1. The van der Waals surface area contributed by atoms with Crippen molar-refractivity contribution in [3.05, 3.63) is 47.8 Å². The number of nitrogens with one attached hydrogen (secondary N) is 1. The molecule has 0 spiro atoms. The maximum absolute atomic E-state index is 5.39. The third-order valence-electron chi connectivity index (χ3n) is 4.18. The zero-order valence-corrected chi connectivity index (χ0v) is 14.1. The summed E-state index contributed by atoms with van der Waals surface area (Å²) in [5.74, 6) is 2.93. The van der Waals surface area contributed by atoms with Gasteiger partial charge in [-0.25, -0.2) is 4.98 Å². The summed E-state index contributed by atoms with van der Waals surface area (Å²) in [6.07, 6.45) is 2.98. The number of pyridine rings is 1. The van der Waals surface area contributed by atoms with Crippen LogP contribution in [-0.4, -0.2) is 39.7 Å². The minimum Gasteiger partial charge on any atom is -0.370 e. The second-order valence-corrected chi connectivity index (χ2v) is 6.92. The lowest BCUT2D eigenvalue weighted by atomic mass is 10.1. The topological polar surface area (TPSA) is 67.1 Å². The van der Waals surface area contributed by atoms with E-state index in [-0.39, 0.29) is 0 Å². The Morgan fingerprint density at radius 1 is 1.29 bits per heavy atom. The number of hydrogen-bond donors (Lipinski definition) is 1. The Morgan fingerprint density at radius 3 is 3.12 bits per heavy atom. The summed E-state index contributed by atoms with van der Waals surface area (Å²) in [7, 11) is 0. The third kappa shape index (κ3) is 3.63. The summed E-state index contributed by atoms with van der Waals surface area (Å²) in [4.78, 5) is 12.2. The minimum absolute atomic E-state index is 0.617. The van der Waals surface area contributed by atoms with Crippen molar-refractivity contribution in [3.63, 3.8) is 0 Å².